The van der Waals surface area contributed by atoms with Gasteiger partial charge in [-0.1, -0.05) is 34.1 Å². The van der Waals surface area contributed by atoms with Crippen molar-refractivity contribution in [2.75, 3.05) is 26.8 Å². The lowest BCUT2D eigenvalue weighted by atomic mass is 10.2. The summed E-state index contributed by atoms with van der Waals surface area (Å²) in [6.07, 6.45) is 0.929. The zero-order valence-electron chi connectivity index (χ0n) is 17.0. The summed E-state index contributed by atoms with van der Waals surface area (Å²) in [5.41, 5.74) is 1.21. The highest BCUT2D eigenvalue weighted by atomic mass is 127. The molecule has 2 rings (SSSR count). The number of rotatable bonds is 9. The van der Waals surface area contributed by atoms with E-state index in [1.807, 2.05) is 44.6 Å². The molecule has 0 atom stereocenters. The number of halogens is 2. The summed E-state index contributed by atoms with van der Waals surface area (Å²) in [6, 6.07) is 8.23. The van der Waals surface area contributed by atoms with Gasteiger partial charge in [-0.05, 0) is 31.9 Å². The third-order valence-electron chi connectivity index (χ3n) is 4.23. The first kappa shape index (κ1) is 24.8. The van der Waals surface area contributed by atoms with Crippen LogP contribution in [-0.2, 0) is 24.9 Å². The van der Waals surface area contributed by atoms with Crippen molar-refractivity contribution in [1.82, 2.24) is 25.0 Å². The molecule has 28 heavy (non-hydrogen) atoms. The summed E-state index contributed by atoms with van der Waals surface area (Å²) in [7, 11) is 4.00. The molecule has 2 aromatic rings. The second-order valence-electron chi connectivity index (χ2n) is 6.29. The minimum absolute atomic E-state index is 0. The van der Waals surface area contributed by atoms with Gasteiger partial charge in [0.25, 0.3) is 0 Å². The first-order valence-corrected chi connectivity index (χ1v) is 9.97. The van der Waals surface area contributed by atoms with E-state index >= 15 is 0 Å². The van der Waals surface area contributed by atoms with Crippen molar-refractivity contribution in [1.29, 1.82) is 0 Å². The molecule has 0 unspecified atom stereocenters. The Morgan fingerprint density at radius 1 is 1.32 bits per heavy atom. The van der Waals surface area contributed by atoms with Gasteiger partial charge in [0.1, 0.15) is 12.4 Å². The van der Waals surface area contributed by atoms with Crippen molar-refractivity contribution in [3.05, 3.63) is 46.0 Å². The lowest BCUT2D eigenvalue weighted by molar-refractivity contribution is 0.145. The van der Waals surface area contributed by atoms with Gasteiger partial charge < -0.3 is 19.5 Å². The summed E-state index contributed by atoms with van der Waals surface area (Å²) in [5.74, 6) is 2.56. The van der Waals surface area contributed by atoms with Crippen molar-refractivity contribution in [3.63, 3.8) is 0 Å². The number of nitrogens with zero attached hydrogens (tertiary/aromatic N) is 5. The standard InChI is InChI=1S/C19H29BrN6O.HI/c1-5-27-12-8-11-21-19(22-13-18-24-23-15(2)26(18)4)25(3)14-16-9-6-7-10-17(16)20;/h6-7,9-10H,5,8,11-14H2,1-4H3,(H,21,22);1H. The monoisotopic (exact) mass is 564 g/mol. The van der Waals surface area contributed by atoms with Gasteiger partial charge in [-0.2, -0.15) is 0 Å². The van der Waals surface area contributed by atoms with E-state index in [1.54, 1.807) is 0 Å². The quantitative estimate of drug-likeness (QED) is 0.218. The molecule has 0 fully saturated rings. The van der Waals surface area contributed by atoms with Crippen LogP contribution in [0.3, 0.4) is 0 Å². The molecule has 0 saturated carbocycles. The van der Waals surface area contributed by atoms with E-state index in [0.717, 1.165) is 54.8 Å². The molecule has 0 aliphatic heterocycles. The predicted molar refractivity (Wildman–Crippen MR) is 127 cm³/mol. The average Bonchev–Trinajstić information content (AvgIpc) is 2.97. The van der Waals surface area contributed by atoms with Crippen LogP contribution in [-0.4, -0.2) is 52.4 Å². The minimum atomic E-state index is 0. The van der Waals surface area contributed by atoms with E-state index in [1.165, 1.54) is 5.56 Å². The van der Waals surface area contributed by atoms with Crippen LogP contribution >= 0.6 is 39.9 Å². The van der Waals surface area contributed by atoms with Crippen LogP contribution in [0.2, 0.25) is 0 Å². The van der Waals surface area contributed by atoms with Crippen LogP contribution in [0.1, 0.15) is 30.6 Å². The molecule has 1 N–H and O–H groups in total. The molecular weight excluding hydrogens is 535 g/mol. The number of guanidine groups is 1. The lowest BCUT2D eigenvalue weighted by Gasteiger charge is -2.23. The number of hydrogen-bond donors (Lipinski definition) is 1. The third-order valence-corrected chi connectivity index (χ3v) is 5.01. The van der Waals surface area contributed by atoms with Crippen molar-refractivity contribution < 1.29 is 4.74 Å². The molecule has 0 amide bonds. The van der Waals surface area contributed by atoms with Crippen LogP contribution < -0.4 is 5.32 Å². The first-order valence-electron chi connectivity index (χ1n) is 9.18. The van der Waals surface area contributed by atoms with Crippen molar-refractivity contribution in [3.8, 4) is 0 Å². The fraction of sp³-hybridized carbons (Fsp3) is 0.526. The number of hydrogen-bond acceptors (Lipinski definition) is 4. The smallest absolute Gasteiger partial charge is 0.194 e. The maximum Gasteiger partial charge on any atom is 0.194 e. The number of ether oxygens (including phenoxy) is 1. The summed E-state index contributed by atoms with van der Waals surface area (Å²) in [4.78, 5) is 6.88. The molecule has 0 aliphatic carbocycles. The Kier molecular flexibility index (Phi) is 11.6. The van der Waals surface area contributed by atoms with Crippen molar-refractivity contribution >= 4 is 45.9 Å². The van der Waals surface area contributed by atoms with Crippen LogP contribution in [0.5, 0.6) is 0 Å². The minimum Gasteiger partial charge on any atom is -0.382 e. The molecule has 1 aromatic heterocycles. The highest BCUT2D eigenvalue weighted by Gasteiger charge is 2.10. The lowest BCUT2D eigenvalue weighted by Crippen LogP contribution is -2.39. The Bertz CT molecular complexity index is 752. The van der Waals surface area contributed by atoms with Gasteiger partial charge in [0.05, 0.1) is 0 Å². The van der Waals surface area contributed by atoms with Crippen LogP contribution in [0.25, 0.3) is 0 Å². The molecule has 0 saturated heterocycles. The third kappa shape index (κ3) is 7.67. The van der Waals surface area contributed by atoms with Gasteiger partial charge in [0.2, 0.25) is 0 Å². The fourth-order valence-electron chi connectivity index (χ4n) is 2.52. The van der Waals surface area contributed by atoms with E-state index in [2.05, 4.69) is 48.5 Å². The number of aromatic nitrogens is 3. The maximum atomic E-state index is 5.41. The zero-order chi connectivity index (χ0) is 19.6. The Morgan fingerprint density at radius 2 is 2.07 bits per heavy atom. The Labute approximate surface area is 193 Å². The molecule has 156 valence electrons. The number of aryl methyl sites for hydroxylation is 1. The fourth-order valence-corrected chi connectivity index (χ4v) is 2.93. The summed E-state index contributed by atoms with van der Waals surface area (Å²) >= 11 is 3.62. The highest BCUT2D eigenvalue weighted by Crippen LogP contribution is 2.17. The normalized spacial score (nSPS) is 11.2. The molecule has 7 nitrogen and oxygen atoms in total. The SMILES string of the molecule is CCOCCCNC(=NCc1nnc(C)n1C)N(C)Cc1ccccc1Br.I. The van der Waals surface area contributed by atoms with E-state index in [-0.39, 0.29) is 24.0 Å². The molecule has 0 spiro atoms. The molecule has 1 aromatic carbocycles. The Hall–Kier alpha value is -1.20. The largest absolute Gasteiger partial charge is 0.382 e. The van der Waals surface area contributed by atoms with Crippen LogP contribution in [0, 0.1) is 6.92 Å². The molecule has 0 radical (unpaired) electrons. The molecule has 0 aliphatic rings. The van der Waals surface area contributed by atoms with Gasteiger partial charge in [-0.25, -0.2) is 4.99 Å². The van der Waals surface area contributed by atoms with Crippen molar-refractivity contribution in [2.45, 2.75) is 33.4 Å². The van der Waals surface area contributed by atoms with Gasteiger partial charge in [0.15, 0.2) is 11.8 Å². The summed E-state index contributed by atoms with van der Waals surface area (Å²) in [5, 5.41) is 11.7. The highest BCUT2D eigenvalue weighted by molar-refractivity contribution is 14.0. The average molecular weight is 565 g/mol. The first-order chi connectivity index (χ1) is 13.0. The molecule has 1 heterocycles. The zero-order valence-corrected chi connectivity index (χ0v) is 20.9. The summed E-state index contributed by atoms with van der Waals surface area (Å²) < 4.78 is 8.47. The van der Waals surface area contributed by atoms with Crippen LogP contribution in [0.4, 0.5) is 0 Å². The van der Waals surface area contributed by atoms with E-state index in [9.17, 15) is 0 Å². The van der Waals surface area contributed by atoms with Gasteiger partial charge in [0, 0.05) is 44.9 Å². The van der Waals surface area contributed by atoms with E-state index in [4.69, 9.17) is 9.73 Å². The summed E-state index contributed by atoms with van der Waals surface area (Å²) in [6.45, 7) is 7.46. The van der Waals surface area contributed by atoms with E-state index < -0.39 is 0 Å². The van der Waals surface area contributed by atoms with Gasteiger partial charge >= 0.3 is 0 Å². The molecule has 9 heteroatoms. The van der Waals surface area contributed by atoms with Crippen LogP contribution in [0.15, 0.2) is 33.7 Å². The molecule has 0 bridgehead atoms. The number of aliphatic imine (C=N–C) groups is 1. The Morgan fingerprint density at radius 3 is 2.71 bits per heavy atom. The molecular formula is C19H30BrIN6O. The second-order valence-corrected chi connectivity index (χ2v) is 7.14. The topological polar surface area (TPSA) is 67.6 Å². The number of benzene rings is 1. The Balaban J connectivity index is 0.00000392. The second kappa shape index (κ2) is 13.1. The number of nitrogens with one attached hydrogen (secondary N) is 1. The van der Waals surface area contributed by atoms with E-state index in [0.29, 0.717) is 6.54 Å². The predicted octanol–water partition coefficient (Wildman–Crippen LogP) is 3.51. The van der Waals surface area contributed by atoms with Gasteiger partial charge in [-0.3, -0.25) is 0 Å². The van der Waals surface area contributed by atoms with Gasteiger partial charge in [-0.15, -0.1) is 34.2 Å². The maximum absolute atomic E-state index is 5.41. The van der Waals surface area contributed by atoms with Crippen molar-refractivity contribution in [2.24, 2.45) is 12.0 Å².